The van der Waals surface area contributed by atoms with Crippen molar-refractivity contribution >= 4 is 23.2 Å². The van der Waals surface area contributed by atoms with E-state index in [1.54, 1.807) is 6.07 Å². The van der Waals surface area contributed by atoms with Gasteiger partial charge in [-0.15, -0.1) is 0 Å². The monoisotopic (exact) mass is 324 g/mol. The number of nitrogens with zero attached hydrogens (tertiary/aromatic N) is 1. The van der Waals surface area contributed by atoms with Crippen molar-refractivity contribution in [1.29, 1.82) is 0 Å². The number of ether oxygens (including phenoxy) is 1. The SMILES string of the molecule is CN(CCC[C@@H]1CCCO1)CCC(=O)Nc1ccccc1Cl. The average molecular weight is 325 g/mol. The van der Waals surface area contributed by atoms with Gasteiger partial charge in [-0.3, -0.25) is 4.79 Å². The van der Waals surface area contributed by atoms with Gasteiger partial charge >= 0.3 is 0 Å². The molecule has 0 radical (unpaired) electrons. The zero-order chi connectivity index (χ0) is 15.8. The van der Waals surface area contributed by atoms with E-state index in [9.17, 15) is 4.79 Å². The molecule has 1 fully saturated rings. The molecule has 1 aromatic rings. The lowest BCUT2D eigenvalue weighted by Gasteiger charge is -2.17. The summed E-state index contributed by atoms with van der Waals surface area (Å²) >= 11 is 6.02. The third kappa shape index (κ3) is 5.95. The first-order valence-electron chi connectivity index (χ1n) is 7.99. The van der Waals surface area contributed by atoms with Gasteiger partial charge in [-0.1, -0.05) is 23.7 Å². The Morgan fingerprint density at radius 3 is 2.95 bits per heavy atom. The summed E-state index contributed by atoms with van der Waals surface area (Å²) in [5, 5.41) is 3.42. The maximum Gasteiger partial charge on any atom is 0.225 e. The Labute approximate surface area is 137 Å². The molecule has 1 aliphatic rings. The number of anilines is 1. The normalized spacial score (nSPS) is 17.9. The third-order valence-electron chi connectivity index (χ3n) is 3.96. The summed E-state index contributed by atoms with van der Waals surface area (Å²) in [6, 6.07) is 7.29. The summed E-state index contributed by atoms with van der Waals surface area (Å²) in [4.78, 5) is 14.1. The number of para-hydroxylation sites is 1. The van der Waals surface area contributed by atoms with Crippen molar-refractivity contribution in [3.63, 3.8) is 0 Å². The lowest BCUT2D eigenvalue weighted by Crippen LogP contribution is -2.26. The van der Waals surface area contributed by atoms with Gasteiger partial charge in [0.2, 0.25) is 5.91 Å². The Bertz CT molecular complexity index is 475. The van der Waals surface area contributed by atoms with Crippen LogP contribution in [-0.4, -0.2) is 43.7 Å². The Kier molecular flexibility index (Phi) is 7.16. The number of amides is 1. The van der Waals surface area contributed by atoms with Crippen LogP contribution >= 0.6 is 11.6 Å². The summed E-state index contributed by atoms with van der Waals surface area (Å²) in [6.07, 6.45) is 5.56. The van der Waals surface area contributed by atoms with Crippen LogP contribution in [0.1, 0.15) is 32.1 Å². The number of rotatable bonds is 8. The lowest BCUT2D eigenvalue weighted by molar-refractivity contribution is -0.116. The minimum Gasteiger partial charge on any atom is -0.378 e. The summed E-state index contributed by atoms with van der Waals surface area (Å²) < 4.78 is 5.62. The Hall–Kier alpha value is -1.10. The molecule has 1 N–H and O–H groups in total. The molecule has 1 saturated heterocycles. The standard InChI is InChI=1S/C17H25ClN2O2/c1-20(11-4-6-14-7-5-13-22-14)12-10-17(21)19-16-9-3-2-8-15(16)18/h2-3,8-9,14H,4-7,10-13H2,1H3,(H,19,21)/t14-/m1/s1. The van der Waals surface area contributed by atoms with Crippen LogP contribution in [0.25, 0.3) is 0 Å². The molecule has 5 heteroatoms. The van der Waals surface area contributed by atoms with Crippen LogP contribution in [-0.2, 0) is 9.53 Å². The molecule has 0 saturated carbocycles. The van der Waals surface area contributed by atoms with Crippen molar-refractivity contribution in [3.05, 3.63) is 29.3 Å². The van der Waals surface area contributed by atoms with Gasteiger partial charge in [-0.05, 0) is 51.4 Å². The van der Waals surface area contributed by atoms with E-state index in [-0.39, 0.29) is 5.91 Å². The Balaban J connectivity index is 1.60. The minimum absolute atomic E-state index is 0.000855. The average Bonchev–Trinajstić information content (AvgIpc) is 3.01. The predicted molar refractivity (Wildman–Crippen MR) is 90.4 cm³/mol. The van der Waals surface area contributed by atoms with Crippen LogP contribution in [0.4, 0.5) is 5.69 Å². The summed E-state index contributed by atoms with van der Waals surface area (Å²) in [6.45, 7) is 2.67. The van der Waals surface area contributed by atoms with Crippen molar-refractivity contribution in [3.8, 4) is 0 Å². The largest absolute Gasteiger partial charge is 0.378 e. The highest BCUT2D eigenvalue weighted by molar-refractivity contribution is 6.33. The molecular weight excluding hydrogens is 300 g/mol. The first-order valence-corrected chi connectivity index (χ1v) is 8.37. The number of carbonyl (C=O) groups excluding carboxylic acids is 1. The van der Waals surface area contributed by atoms with Crippen molar-refractivity contribution in [2.24, 2.45) is 0 Å². The van der Waals surface area contributed by atoms with Crippen molar-refractivity contribution in [2.45, 2.75) is 38.2 Å². The van der Waals surface area contributed by atoms with E-state index < -0.39 is 0 Å². The number of hydrogen-bond donors (Lipinski definition) is 1. The number of halogens is 1. The molecule has 22 heavy (non-hydrogen) atoms. The van der Waals surface area contributed by atoms with Gasteiger partial charge in [0.1, 0.15) is 0 Å². The van der Waals surface area contributed by atoms with Crippen LogP contribution in [0.5, 0.6) is 0 Å². The molecule has 0 bridgehead atoms. The Morgan fingerprint density at radius 2 is 2.23 bits per heavy atom. The second-order valence-electron chi connectivity index (χ2n) is 5.86. The van der Waals surface area contributed by atoms with Gasteiger partial charge < -0.3 is 15.0 Å². The highest BCUT2D eigenvalue weighted by atomic mass is 35.5. The molecule has 1 aromatic carbocycles. The van der Waals surface area contributed by atoms with Crippen LogP contribution < -0.4 is 5.32 Å². The van der Waals surface area contributed by atoms with Crippen LogP contribution in [0.2, 0.25) is 5.02 Å². The molecule has 0 spiro atoms. The van der Waals surface area contributed by atoms with E-state index >= 15 is 0 Å². The van der Waals surface area contributed by atoms with E-state index in [0.29, 0.717) is 23.2 Å². The molecule has 0 aliphatic carbocycles. The molecule has 1 atom stereocenters. The van der Waals surface area contributed by atoms with Crippen molar-refractivity contribution in [1.82, 2.24) is 4.90 Å². The summed E-state index contributed by atoms with van der Waals surface area (Å²) in [5.74, 6) is -0.000855. The summed E-state index contributed by atoms with van der Waals surface area (Å²) in [5.41, 5.74) is 0.676. The first kappa shape index (κ1) is 17.3. The topological polar surface area (TPSA) is 41.6 Å². The molecule has 0 aromatic heterocycles. The number of nitrogens with one attached hydrogen (secondary N) is 1. The predicted octanol–water partition coefficient (Wildman–Crippen LogP) is 3.56. The van der Waals surface area contributed by atoms with E-state index in [0.717, 1.165) is 32.5 Å². The molecule has 1 aliphatic heterocycles. The van der Waals surface area contributed by atoms with E-state index in [1.807, 2.05) is 18.2 Å². The van der Waals surface area contributed by atoms with Crippen LogP contribution in [0, 0.1) is 0 Å². The molecule has 4 nitrogen and oxygen atoms in total. The van der Waals surface area contributed by atoms with Crippen molar-refractivity contribution < 1.29 is 9.53 Å². The first-order chi connectivity index (χ1) is 10.6. The van der Waals surface area contributed by atoms with E-state index in [1.165, 1.54) is 12.8 Å². The zero-order valence-electron chi connectivity index (χ0n) is 13.2. The smallest absolute Gasteiger partial charge is 0.225 e. The minimum atomic E-state index is -0.000855. The molecule has 122 valence electrons. The molecular formula is C17H25ClN2O2. The molecule has 0 unspecified atom stereocenters. The van der Waals surface area contributed by atoms with E-state index in [4.69, 9.17) is 16.3 Å². The quantitative estimate of drug-likeness (QED) is 0.795. The fraction of sp³-hybridized carbons (Fsp3) is 0.588. The molecule has 2 rings (SSSR count). The maximum atomic E-state index is 11.9. The van der Waals surface area contributed by atoms with Crippen molar-refractivity contribution in [2.75, 3.05) is 32.1 Å². The number of carbonyl (C=O) groups is 1. The van der Waals surface area contributed by atoms with Gasteiger partial charge in [-0.25, -0.2) is 0 Å². The second-order valence-corrected chi connectivity index (χ2v) is 6.27. The molecule has 1 amide bonds. The van der Waals surface area contributed by atoms with Gasteiger partial charge in [-0.2, -0.15) is 0 Å². The number of benzene rings is 1. The van der Waals surface area contributed by atoms with Gasteiger partial charge in [0.25, 0.3) is 0 Å². The fourth-order valence-electron chi connectivity index (χ4n) is 2.64. The fourth-order valence-corrected chi connectivity index (χ4v) is 2.82. The second kappa shape index (κ2) is 9.13. The number of hydrogen-bond acceptors (Lipinski definition) is 3. The lowest BCUT2D eigenvalue weighted by atomic mass is 10.1. The van der Waals surface area contributed by atoms with E-state index in [2.05, 4.69) is 17.3 Å². The zero-order valence-corrected chi connectivity index (χ0v) is 13.9. The Morgan fingerprint density at radius 1 is 1.41 bits per heavy atom. The molecule has 1 heterocycles. The van der Waals surface area contributed by atoms with Crippen LogP contribution in [0.15, 0.2) is 24.3 Å². The highest BCUT2D eigenvalue weighted by Gasteiger charge is 2.15. The maximum absolute atomic E-state index is 11.9. The summed E-state index contributed by atoms with van der Waals surface area (Å²) in [7, 11) is 2.05. The van der Waals surface area contributed by atoms with Gasteiger partial charge in [0.05, 0.1) is 16.8 Å². The van der Waals surface area contributed by atoms with Crippen LogP contribution in [0.3, 0.4) is 0 Å². The highest BCUT2D eigenvalue weighted by Crippen LogP contribution is 2.20. The van der Waals surface area contributed by atoms with Gasteiger partial charge in [0.15, 0.2) is 0 Å². The van der Waals surface area contributed by atoms with Gasteiger partial charge in [0, 0.05) is 19.6 Å². The third-order valence-corrected chi connectivity index (χ3v) is 4.29.